The maximum Gasteiger partial charge on any atom is 0.419 e. The molecule has 0 saturated heterocycles. The number of carbonyl (C=O) groups is 2. The Morgan fingerprint density at radius 2 is 2.00 bits per heavy atom. The third-order valence-corrected chi connectivity index (χ3v) is 3.83. The molecule has 0 aliphatic rings. The molecule has 0 amide bonds. The smallest absolute Gasteiger partial charge is 0.419 e. The molecule has 0 atom stereocenters. The Kier molecular flexibility index (Phi) is 5.59. The lowest BCUT2D eigenvalue weighted by Crippen LogP contribution is -2.26. The van der Waals surface area contributed by atoms with Crippen LogP contribution in [0.15, 0.2) is 27.4 Å². The number of nitro groups is 1. The minimum Gasteiger partial charge on any atom is -0.458 e. The Labute approximate surface area is 148 Å². The van der Waals surface area contributed by atoms with Crippen LogP contribution in [-0.2, 0) is 20.9 Å². The molecule has 9 nitrogen and oxygen atoms in total. The fraction of sp³-hybridized carbons (Fsp3) is 0.471. The lowest BCUT2D eigenvalue weighted by atomic mass is 9.91. The van der Waals surface area contributed by atoms with Gasteiger partial charge >= 0.3 is 11.7 Å². The standard InChI is InChI=1S/C17H20N2O7/c1-17(2,3)14(20)10-25-15(21)5-4-8-18-12-7-6-11(19(23)24)9-13(12)26-16(18)22/h6-7,9H,4-5,8,10H2,1-3H3. The molecule has 26 heavy (non-hydrogen) atoms. The summed E-state index contributed by atoms with van der Waals surface area (Å²) in [5.41, 5.74) is -0.226. The van der Waals surface area contributed by atoms with Crippen LogP contribution in [0.2, 0.25) is 0 Å². The number of aromatic nitrogens is 1. The number of non-ortho nitro benzene ring substituents is 1. The van der Waals surface area contributed by atoms with E-state index in [0.717, 1.165) is 0 Å². The number of Topliss-reactive ketones (excluding diaryl/α,β-unsaturated/α-hetero) is 1. The van der Waals surface area contributed by atoms with Crippen LogP contribution in [0.4, 0.5) is 5.69 Å². The molecular formula is C17H20N2O7. The number of hydrogen-bond acceptors (Lipinski definition) is 7. The van der Waals surface area contributed by atoms with Crippen molar-refractivity contribution in [1.29, 1.82) is 0 Å². The fourth-order valence-electron chi connectivity index (χ4n) is 2.20. The van der Waals surface area contributed by atoms with Crippen LogP contribution >= 0.6 is 0 Å². The van der Waals surface area contributed by atoms with Crippen molar-refractivity contribution in [1.82, 2.24) is 4.57 Å². The van der Waals surface area contributed by atoms with Gasteiger partial charge in [-0.2, -0.15) is 0 Å². The van der Waals surface area contributed by atoms with Crippen molar-refractivity contribution in [3.8, 4) is 0 Å². The number of nitro benzene ring substituents is 1. The van der Waals surface area contributed by atoms with Crippen molar-refractivity contribution in [2.75, 3.05) is 6.61 Å². The first-order valence-corrected chi connectivity index (χ1v) is 8.06. The highest BCUT2D eigenvalue weighted by Crippen LogP contribution is 2.20. The second-order valence-corrected chi connectivity index (χ2v) is 6.87. The Hall–Kier alpha value is -2.97. The van der Waals surface area contributed by atoms with Crippen LogP contribution in [0.25, 0.3) is 11.1 Å². The van der Waals surface area contributed by atoms with Gasteiger partial charge in [0.2, 0.25) is 0 Å². The minimum absolute atomic E-state index is 0.0313. The average Bonchev–Trinajstić information content (AvgIpc) is 2.86. The molecule has 2 aromatic rings. The first kappa shape index (κ1) is 19.4. The van der Waals surface area contributed by atoms with Crippen LogP contribution in [0.1, 0.15) is 33.6 Å². The number of fused-ring (bicyclic) bond motifs is 1. The molecule has 0 aliphatic carbocycles. The molecule has 140 valence electrons. The Bertz CT molecular complexity index is 902. The maximum atomic E-state index is 11.9. The summed E-state index contributed by atoms with van der Waals surface area (Å²) in [5.74, 6) is -1.36. The quantitative estimate of drug-likeness (QED) is 0.420. The number of aryl methyl sites for hydroxylation is 1. The van der Waals surface area contributed by atoms with Gasteiger partial charge in [-0.25, -0.2) is 4.79 Å². The van der Waals surface area contributed by atoms with Crippen molar-refractivity contribution >= 4 is 28.5 Å². The summed E-state index contributed by atoms with van der Waals surface area (Å²) in [4.78, 5) is 45.5. The molecular weight excluding hydrogens is 344 g/mol. The highest BCUT2D eigenvalue weighted by molar-refractivity contribution is 5.86. The fourth-order valence-corrected chi connectivity index (χ4v) is 2.20. The van der Waals surface area contributed by atoms with E-state index in [-0.39, 0.29) is 36.6 Å². The van der Waals surface area contributed by atoms with Gasteiger partial charge in [0.15, 0.2) is 18.0 Å². The molecule has 9 heteroatoms. The number of ketones is 1. The van der Waals surface area contributed by atoms with Crippen LogP contribution in [0, 0.1) is 15.5 Å². The van der Waals surface area contributed by atoms with E-state index in [1.54, 1.807) is 20.8 Å². The topological polar surface area (TPSA) is 122 Å². The van der Waals surface area contributed by atoms with E-state index in [9.17, 15) is 24.5 Å². The van der Waals surface area contributed by atoms with Gasteiger partial charge in [0.1, 0.15) is 0 Å². The van der Waals surface area contributed by atoms with Crippen molar-refractivity contribution < 1.29 is 23.7 Å². The summed E-state index contributed by atoms with van der Waals surface area (Å²) in [5, 5.41) is 10.8. The van der Waals surface area contributed by atoms with Crippen molar-refractivity contribution in [2.24, 2.45) is 5.41 Å². The molecule has 2 rings (SSSR count). The number of nitrogens with zero attached hydrogens (tertiary/aromatic N) is 2. The molecule has 0 N–H and O–H groups in total. The van der Waals surface area contributed by atoms with Gasteiger partial charge < -0.3 is 9.15 Å². The summed E-state index contributed by atoms with van der Waals surface area (Å²) in [7, 11) is 0. The van der Waals surface area contributed by atoms with Crippen LogP contribution in [0.5, 0.6) is 0 Å². The second kappa shape index (κ2) is 7.51. The van der Waals surface area contributed by atoms with Gasteiger partial charge in [0, 0.05) is 24.4 Å². The highest BCUT2D eigenvalue weighted by Gasteiger charge is 2.22. The van der Waals surface area contributed by atoms with E-state index < -0.39 is 22.1 Å². The van der Waals surface area contributed by atoms with Crippen molar-refractivity contribution in [2.45, 2.75) is 40.2 Å². The summed E-state index contributed by atoms with van der Waals surface area (Å²) >= 11 is 0. The Morgan fingerprint density at radius 3 is 2.62 bits per heavy atom. The van der Waals surface area contributed by atoms with Crippen LogP contribution in [-0.4, -0.2) is 27.8 Å². The molecule has 0 saturated carbocycles. The summed E-state index contributed by atoms with van der Waals surface area (Å²) in [6.07, 6.45) is 0.331. The molecule has 0 spiro atoms. The molecule has 0 aliphatic heterocycles. The third kappa shape index (κ3) is 4.56. The van der Waals surface area contributed by atoms with Gasteiger partial charge in [-0.05, 0) is 12.5 Å². The van der Waals surface area contributed by atoms with Crippen LogP contribution in [0.3, 0.4) is 0 Å². The maximum absolute atomic E-state index is 11.9. The second-order valence-electron chi connectivity index (χ2n) is 6.87. The third-order valence-electron chi connectivity index (χ3n) is 3.83. The normalized spacial score (nSPS) is 11.5. The number of rotatable bonds is 7. The summed E-state index contributed by atoms with van der Waals surface area (Å²) in [6, 6.07) is 3.89. The van der Waals surface area contributed by atoms with Gasteiger partial charge in [0.25, 0.3) is 5.69 Å². The van der Waals surface area contributed by atoms with E-state index in [4.69, 9.17) is 9.15 Å². The molecule has 0 radical (unpaired) electrons. The minimum atomic E-state index is -0.656. The first-order chi connectivity index (χ1) is 12.1. The summed E-state index contributed by atoms with van der Waals surface area (Å²) in [6.45, 7) is 5.13. The van der Waals surface area contributed by atoms with Gasteiger partial charge in [0.05, 0.1) is 16.5 Å². The van der Waals surface area contributed by atoms with Crippen LogP contribution < -0.4 is 5.76 Å². The van der Waals surface area contributed by atoms with E-state index in [1.165, 1.54) is 22.8 Å². The molecule has 1 heterocycles. The monoisotopic (exact) mass is 364 g/mol. The predicted molar refractivity (Wildman–Crippen MR) is 91.8 cm³/mol. The highest BCUT2D eigenvalue weighted by atomic mass is 16.6. The van der Waals surface area contributed by atoms with E-state index in [0.29, 0.717) is 11.9 Å². The van der Waals surface area contributed by atoms with Crippen molar-refractivity contribution in [3.63, 3.8) is 0 Å². The number of ether oxygens (including phenoxy) is 1. The molecule has 1 aromatic heterocycles. The van der Waals surface area contributed by atoms with Gasteiger partial charge in [-0.15, -0.1) is 0 Å². The zero-order valence-corrected chi connectivity index (χ0v) is 14.8. The lowest BCUT2D eigenvalue weighted by molar-refractivity contribution is -0.384. The predicted octanol–water partition coefficient (Wildman–Crippen LogP) is 2.44. The Balaban J connectivity index is 1.95. The number of hydrogen-bond donors (Lipinski definition) is 0. The number of benzene rings is 1. The number of esters is 1. The molecule has 0 fully saturated rings. The molecule has 0 bridgehead atoms. The van der Waals surface area contributed by atoms with E-state index >= 15 is 0 Å². The first-order valence-electron chi connectivity index (χ1n) is 8.06. The van der Waals surface area contributed by atoms with Gasteiger partial charge in [-0.3, -0.25) is 24.3 Å². The number of carbonyl (C=O) groups excluding carboxylic acids is 2. The molecule has 1 aromatic carbocycles. The van der Waals surface area contributed by atoms with Crippen molar-refractivity contribution in [3.05, 3.63) is 38.9 Å². The SMILES string of the molecule is CC(C)(C)C(=O)COC(=O)CCCn1c(=O)oc2cc([N+](=O)[O-])ccc21. The lowest BCUT2D eigenvalue weighted by Gasteiger charge is -2.16. The van der Waals surface area contributed by atoms with E-state index in [1.807, 2.05) is 0 Å². The Morgan fingerprint density at radius 1 is 1.31 bits per heavy atom. The summed E-state index contributed by atoms with van der Waals surface area (Å²) < 4.78 is 11.2. The zero-order chi connectivity index (χ0) is 19.5. The van der Waals surface area contributed by atoms with E-state index in [2.05, 4.69) is 0 Å². The largest absolute Gasteiger partial charge is 0.458 e. The number of oxazole rings is 1. The average molecular weight is 364 g/mol. The molecule has 0 unspecified atom stereocenters. The zero-order valence-electron chi connectivity index (χ0n) is 14.8. The van der Waals surface area contributed by atoms with Gasteiger partial charge in [-0.1, -0.05) is 20.8 Å².